The van der Waals surface area contributed by atoms with Gasteiger partial charge in [-0.1, -0.05) is 38.0 Å². The molecule has 0 radical (unpaired) electrons. The van der Waals surface area contributed by atoms with Crippen molar-refractivity contribution in [2.75, 3.05) is 6.54 Å². The van der Waals surface area contributed by atoms with Gasteiger partial charge in [-0.05, 0) is 43.5 Å². The third-order valence-electron chi connectivity index (χ3n) is 3.49. The van der Waals surface area contributed by atoms with Crippen molar-refractivity contribution < 1.29 is 13.2 Å². The van der Waals surface area contributed by atoms with Crippen molar-refractivity contribution in [3.05, 3.63) is 48.0 Å². The lowest BCUT2D eigenvalue weighted by atomic mass is 9.98. The van der Waals surface area contributed by atoms with Gasteiger partial charge in [0.25, 0.3) is 0 Å². The molecule has 1 aromatic carbocycles. The molecule has 0 aliphatic heterocycles. The average Bonchev–Trinajstić information content (AvgIpc) is 2.45. The van der Waals surface area contributed by atoms with Crippen LogP contribution in [0.4, 0.5) is 13.2 Å². The van der Waals surface area contributed by atoms with Gasteiger partial charge in [0.2, 0.25) is 0 Å². The zero-order chi connectivity index (χ0) is 15.7. The Morgan fingerprint density at radius 3 is 2.33 bits per heavy atom. The summed E-state index contributed by atoms with van der Waals surface area (Å²) >= 11 is 0. The van der Waals surface area contributed by atoms with Crippen molar-refractivity contribution in [2.24, 2.45) is 0 Å². The molecule has 0 heterocycles. The number of hydrogen-bond acceptors (Lipinski definition) is 1. The first-order chi connectivity index (χ1) is 9.99. The second kappa shape index (κ2) is 8.88. The Hall–Kier alpha value is -1.29. The third-order valence-corrected chi connectivity index (χ3v) is 3.49. The molecule has 21 heavy (non-hydrogen) atoms. The summed E-state index contributed by atoms with van der Waals surface area (Å²) in [6.07, 6.45) is 2.91. The largest absolute Gasteiger partial charge is 0.416 e. The Morgan fingerprint density at radius 1 is 1.14 bits per heavy atom. The topological polar surface area (TPSA) is 12.0 Å². The van der Waals surface area contributed by atoms with Crippen LogP contribution in [-0.2, 0) is 6.18 Å². The summed E-state index contributed by atoms with van der Waals surface area (Å²) in [6, 6.07) is 5.62. The summed E-state index contributed by atoms with van der Waals surface area (Å²) in [7, 11) is 0. The molecule has 0 saturated carbocycles. The van der Waals surface area contributed by atoms with E-state index in [2.05, 4.69) is 11.9 Å². The zero-order valence-corrected chi connectivity index (χ0v) is 12.5. The fourth-order valence-electron chi connectivity index (χ4n) is 2.35. The predicted molar refractivity (Wildman–Crippen MR) is 81.1 cm³/mol. The molecule has 0 amide bonds. The van der Waals surface area contributed by atoms with E-state index in [1.54, 1.807) is 12.1 Å². The molecular formula is C17H24F3N. The van der Waals surface area contributed by atoms with Crippen LogP contribution in [0.1, 0.15) is 56.2 Å². The molecule has 0 bridgehead atoms. The fourth-order valence-corrected chi connectivity index (χ4v) is 2.35. The number of unbranched alkanes of at least 4 members (excludes halogenated alkanes) is 3. The normalized spacial score (nSPS) is 13.1. The molecule has 1 unspecified atom stereocenters. The maximum atomic E-state index is 12.6. The summed E-state index contributed by atoms with van der Waals surface area (Å²) in [5.74, 6) is 0. The van der Waals surface area contributed by atoms with Gasteiger partial charge < -0.3 is 5.32 Å². The standard InChI is InChI=1S/C17H24F3N/c1-3-5-6-7-8-9-16(21-4-2)14-10-12-15(13-11-14)17(18,19)20/h3,10-13,16,21H,1,4-9H2,2H3. The van der Waals surface area contributed by atoms with Crippen molar-refractivity contribution in [3.8, 4) is 0 Å². The average molecular weight is 299 g/mol. The van der Waals surface area contributed by atoms with Gasteiger partial charge >= 0.3 is 6.18 Å². The lowest BCUT2D eigenvalue weighted by Crippen LogP contribution is -2.21. The van der Waals surface area contributed by atoms with Crippen LogP contribution in [0.2, 0.25) is 0 Å². The lowest BCUT2D eigenvalue weighted by molar-refractivity contribution is -0.137. The Labute approximate surface area is 125 Å². The lowest BCUT2D eigenvalue weighted by Gasteiger charge is -2.19. The van der Waals surface area contributed by atoms with E-state index in [9.17, 15) is 13.2 Å². The van der Waals surface area contributed by atoms with Crippen molar-refractivity contribution in [1.29, 1.82) is 0 Å². The van der Waals surface area contributed by atoms with E-state index in [0.717, 1.165) is 56.3 Å². The van der Waals surface area contributed by atoms with Crippen LogP contribution in [0.15, 0.2) is 36.9 Å². The Morgan fingerprint density at radius 2 is 1.81 bits per heavy atom. The van der Waals surface area contributed by atoms with Crippen LogP contribution in [0.25, 0.3) is 0 Å². The molecule has 1 rings (SSSR count). The van der Waals surface area contributed by atoms with E-state index in [1.807, 2.05) is 13.0 Å². The molecule has 0 saturated heterocycles. The number of rotatable bonds is 9. The Kier molecular flexibility index (Phi) is 7.51. The zero-order valence-electron chi connectivity index (χ0n) is 12.5. The maximum absolute atomic E-state index is 12.6. The highest BCUT2D eigenvalue weighted by molar-refractivity contribution is 5.26. The quantitative estimate of drug-likeness (QED) is 0.469. The van der Waals surface area contributed by atoms with Crippen molar-refractivity contribution in [2.45, 2.75) is 51.2 Å². The molecule has 1 N–H and O–H groups in total. The molecule has 0 aliphatic carbocycles. The van der Waals surface area contributed by atoms with Crippen LogP contribution in [0, 0.1) is 0 Å². The smallest absolute Gasteiger partial charge is 0.310 e. The van der Waals surface area contributed by atoms with Crippen molar-refractivity contribution in [1.82, 2.24) is 5.32 Å². The molecule has 0 aliphatic rings. The number of nitrogens with one attached hydrogen (secondary N) is 1. The summed E-state index contributed by atoms with van der Waals surface area (Å²) in [5, 5.41) is 3.35. The molecular weight excluding hydrogens is 275 g/mol. The van der Waals surface area contributed by atoms with Gasteiger partial charge in [0.05, 0.1) is 5.56 Å². The van der Waals surface area contributed by atoms with Gasteiger partial charge in [-0.2, -0.15) is 13.2 Å². The van der Waals surface area contributed by atoms with Gasteiger partial charge in [0, 0.05) is 6.04 Å². The van der Waals surface area contributed by atoms with Gasteiger partial charge in [0.15, 0.2) is 0 Å². The highest BCUT2D eigenvalue weighted by atomic mass is 19.4. The molecule has 1 atom stereocenters. The number of benzene rings is 1. The molecule has 1 nitrogen and oxygen atoms in total. The monoisotopic (exact) mass is 299 g/mol. The summed E-state index contributed by atoms with van der Waals surface area (Å²) < 4.78 is 37.7. The first-order valence-electron chi connectivity index (χ1n) is 7.50. The third kappa shape index (κ3) is 6.34. The predicted octanol–water partition coefficient (Wildman–Crippen LogP) is 5.49. The summed E-state index contributed by atoms with van der Waals surface area (Å²) in [4.78, 5) is 0. The fraction of sp³-hybridized carbons (Fsp3) is 0.529. The van der Waals surface area contributed by atoms with Crippen LogP contribution >= 0.6 is 0 Å². The first kappa shape index (κ1) is 17.8. The highest BCUT2D eigenvalue weighted by Gasteiger charge is 2.30. The SMILES string of the molecule is C=CCCCCCC(NCC)c1ccc(C(F)(F)F)cc1. The Balaban J connectivity index is 2.61. The number of allylic oxidation sites excluding steroid dienone is 1. The minimum Gasteiger partial charge on any atom is -0.310 e. The molecule has 0 spiro atoms. The van der Waals surface area contributed by atoms with Gasteiger partial charge in [-0.15, -0.1) is 6.58 Å². The summed E-state index contributed by atoms with van der Waals surface area (Å²) in [5.41, 5.74) is 0.334. The number of hydrogen-bond donors (Lipinski definition) is 1. The molecule has 1 aromatic rings. The number of halogens is 3. The van der Waals surface area contributed by atoms with E-state index in [0.29, 0.717) is 0 Å². The van der Waals surface area contributed by atoms with Gasteiger partial charge in [-0.25, -0.2) is 0 Å². The van der Waals surface area contributed by atoms with E-state index < -0.39 is 11.7 Å². The van der Waals surface area contributed by atoms with Crippen molar-refractivity contribution >= 4 is 0 Å². The highest BCUT2D eigenvalue weighted by Crippen LogP contribution is 2.30. The number of alkyl halides is 3. The first-order valence-corrected chi connectivity index (χ1v) is 7.50. The molecule has 0 fully saturated rings. The van der Waals surface area contributed by atoms with Crippen molar-refractivity contribution in [3.63, 3.8) is 0 Å². The van der Waals surface area contributed by atoms with Crippen LogP contribution in [-0.4, -0.2) is 6.54 Å². The summed E-state index contributed by atoms with van der Waals surface area (Å²) in [6.45, 7) is 6.51. The van der Waals surface area contributed by atoms with E-state index in [1.165, 1.54) is 0 Å². The van der Waals surface area contributed by atoms with Crippen LogP contribution in [0.5, 0.6) is 0 Å². The maximum Gasteiger partial charge on any atom is 0.416 e. The molecule has 4 heteroatoms. The molecule has 118 valence electrons. The molecule has 0 aromatic heterocycles. The van der Waals surface area contributed by atoms with Crippen LogP contribution in [0.3, 0.4) is 0 Å². The van der Waals surface area contributed by atoms with Gasteiger partial charge in [0.1, 0.15) is 0 Å². The second-order valence-corrected chi connectivity index (χ2v) is 5.16. The van der Waals surface area contributed by atoms with E-state index in [-0.39, 0.29) is 6.04 Å². The minimum absolute atomic E-state index is 0.126. The Bertz CT molecular complexity index is 409. The van der Waals surface area contributed by atoms with Crippen LogP contribution < -0.4 is 5.32 Å². The minimum atomic E-state index is -4.27. The second-order valence-electron chi connectivity index (χ2n) is 5.16. The van der Waals surface area contributed by atoms with E-state index >= 15 is 0 Å². The van der Waals surface area contributed by atoms with E-state index in [4.69, 9.17) is 0 Å². The van der Waals surface area contributed by atoms with Gasteiger partial charge in [-0.3, -0.25) is 0 Å².